The molecule has 0 saturated heterocycles. The molecule has 1 unspecified atom stereocenters. The molecular formula is C26H24ClN5OS. The third-order valence-electron chi connectivity index (χ3n) is 6.74. The van der Waals surface area contributed by atoms with Crippen LogP contribution < -0.4 is 0 Å². The lowest BCUT2D eigenvalue weighted by molar-refractivity contribution is 0.0840. The highest BCUT2D eigenvalue weighted by Gasteiger charge is 2.30. The lowest BCUT2D eigenvalue weighted by Gasteiger charge is -2.21. The molecule has 1 aromatic carbocycles. The van der Waals surface area contributed by atoms with Gasteiger partial charge in [-0.15, -0.1) is 33.1 Å². The second-order valence-electron chi connectivity index (χ2n) is 8.88. The molecule has 3 aliphatic rings. The lowest BCUT2D eigenvalue weighted by atomic mass is 9.98. The van der Waals surface area contributed by atoms with Gasteiger partial charge in [0.1, 0.15) is 17.4 Å². The van der Waals surface area contributed by atoms with Crippen LogP contribution in [-0.4, -0.2) is 43.7 Å². The molecule has 1 aliphatic heterocycles. The van der Waals surface area contributed by atoms with Gasteiger partial charge in [-0.1, -0.05) is 24.3 Å². The number of carbonyl (C=O) groups is 1. The van der Waals surface area contributed by atoms with E-state index in [4.69, 9.17) is 16.6 Å². The van der Waals surface area contributed by atoms with E-state index in [1.807, 2.05) is 60.8 Å². The molecule has 0 radical (unpaired) electrons. The summed E-state index contributed by atoms with van der Waals surface area (Å²) in [6, 6.07) is 7.83. The van der Waals surface area contributed by atoms with Crippen LogP contribution in [0.3, 0.4) is 0 Å². The van der Waals surface area contributed by atoms with Crippen LogP contribution in [0, 0.1) is 6.92 Å². The van der Waals surface area contributed by atoms with Gasteiger partial charge in [-0.05, 0) is 56.4 Å². The Kier molecular flexibility index (Phi) is 5.26. The molecule has 1 amide bonds. The SMILES string of the molecule is Cc1nnc2n1-c1sc3c(c1C(c1ccc(C(=O)N(C)C4=CCC(Cl)C=C4)cc1)=NC2)CCC3. The Balaban J connectivity index is 1.35. The molecule has 0 N–H and O–H groups in total. The average molecular weight is 490 g/mol. The maximum atomic E-state index is 13.1. The number of likely N-dealkylation sites (N-methyl/N-ethyl adjacent to an activating group) is 1. The first-order valence-electron chi connectivity index (χ1n) is 11.5. The Morgan fingerprint density at radius 3 is 2.79 bits per heavy atom. The van der Waals surface area contributed by atoms with E-state index < -0.39 is 0 Å². The minimum absolute atomic E-state index is 0.00721. The number of hydrogen-bond donors (Lipinski definition) is 0. The zero-order chi connectivity index (χ0) is 23.4. The molecule has 0 bridgehead atoms. The van der Waals surface area contributed by atoms with E-state index in [0.717, 1.165) is 47.9 Å². The van der Waals surface area contributed by atoms with Gasteiger partial charge in [0.15, 0.2) is 5.82 Å². The molecule has 0 saturated carbocycles. The Bertz CT molecular complexity index is 1400. The second-order valence-corrected chi connectivity index (χ2v) is 10.5. The molecule has 8 heteroatoms. The lowest BCUT2D eigenvalue weighted by Crippen LogP contribution is -2.26. The van der Waals surface area contributed by atoms with Crippen LogP contribution in [0.4, 0.5) is 0 Å². The van der Waals surface area contributed by atoms with Crippen molar-refractivity contribution in [1.29, 1.82) is 0 Å². The maximum absolute atomic E-state index is 13.1. The van der Waals surface area contributed by atoms with Crippen LogP contribution in [0.2, 0.25) is 0 Å². The molecule has 34 heavy (non-hydrogen) atoms. The minimum Gasteiger partial charge on any atom is -0.312 e. The van der Waals surface area contributed by atoms with Crippen LogP contribution in [0.25, 0.3) is 5.00 Å². The predicted molar refractivity (Wildman–Crippen MR) is 135 cm³/mol. The number of halogens is 1. The number of allylic oxidation sites excluding steroid dienone is 3. The van der Waals surface area contributed by atoms with Gasteiger partial charge in [0.2, 0.25) is 0 Å². The third kappa shape index (κ3) is 3.46. The van der Waals surface area contributed by atoms with Gasteiger partial charge in [0.25, 0.3) is 5.91 Å². The standard InChI is InChI=1S/C26H24ClN5OS/c1-15-29-30-22-14-28-24(23-20-4-3-5-21(20)34-26(23)32(15)22)16-6-8-17(9-7-16)25(33)31(2)19-12-10-18(27)11-13-19/h6-10,12-13,18H,3-5,11,14H2,1-2H3. The number of thiophene rings is 1. The van der Waals surface area contributed by atoms with E-state index in [1.54, 1.807) is 11.9 Å². The van der Waals surface area contributed by atoms with Crippen molar-refractivity contribution in [3.05, 3.63) is 87.0 Å². The molecule has 172 valence electrons. The van der Waals surface area contributed by atoms with E-state index >= 15 is 0 Å². The Morgan fingerprint density at radius 2 is 2.03 bits per heavy atom. The average Bonchev–Trinajstić information content (AvgIpc) is 3.52. The van der Waals surface area contributed by atoms with Gasteiger partial charge in [-0.2, -0.15) is 0 Å². The summed E-state index contributed by atoms with van der Waals surface area (Å²) in [5.74, 6) is 1.72. The Labute approximate surface area is 207 Å². The second kappa shape index (κ2) is 8.32. The molecule has 2 aliphatic carbocycles. The molecule has 3 heterocycles. The molecule has 3 aromatic rings. The number of fused-ring (bicyclic) bond motifs is 5. The van der Waals surface area contributed by atoms with Gasteiger partial charge in [-0.3, -0.25) is 14.4 Å². The fraction of sp³-hybridized carbons (Fsp3) is 0.308. The maximum Gasteiger partial charge on any atom is 0.257 e. The number of benzene rings is 1. The third-order valence-corrected chi connectivity index (χ3v) is 8.34. The van der Waals surface area contributed by atoms with Crippen LogP contribution >= 0.6 is 22.9 Å². The number of aromatic nitrogens is 3. The number of nitrogens with zero attached hydrogens (tertiary/aromatic N) is 5. The van der Waals surface area contributed by atoms with Crippen LogP contribution in [0.15, 0.2) is 53.2 Å². The van der Waals surface area contributed by atoms with E-state index in [9.17, 15) is 4.79 Å². The number of hydrogen-bond acceptors (Lipinski definition) is 5. The van der Waals surface area contributed by atoms with Gasteiger partial charge < -0.3 is 4.90 Å². The van der Waals surface area contributed by atoms with Crippen molar-refractivity contribution < 1.29 is 4.79 Å². The summed E-state index contributed by atoms with van der Waals surface area (Å²) in [6.07, 6.45) is 9.94. The first-order chi connectivity index (χ1) is 16.5. The molecule has 0 spiro atoms. The quantitative estimate of drug-likeness (QED) is 0.486. The molecule has 0 fully saturated rings. The van der Waals surface area contributed by atoms with Crippen molar-refractivity contribution >= 4 is 34.6 Å². The van der Waals surface area contributed by atoms with Gasteiger partial charge >= 0.3 is 0 Å². The first kappa shape index (κ1) is 21.5. The summed E-state index contributed by atoms with van der Waals surface area (Å²) in [4.78, 5) is 21.2. The number of amides is 1. The zero-order valence-electron chi connectivity index (χ0n) is 19.1. The van der Waals surface area contributed by atoms with E-state index in [-0.39, 0.29) is 11.3 Å². The van der Waals surface area contributed by atoms with Crippen molar-refractivity contribution in [2.75, 3.05) is 7.05 Å². The van der Waals surface area contributed by atoms with Gasteiger partial charge in [-0.25, -0.2) is 0 Å². The van der Waals surface area contributed by atoms with Crippen LogP contribution in [-0.2, 0) is 19.4 Å². The summed E-state index contributed by atoms with van der Waals surface area (Å²) in [5, 5.41) is 9.84. The highest BCUT2D eigenvalue weighted by atomic mass is 35.5. The highest BCUT2D eigenvalue weighted by molar-refractivity contribution is 7.15. The normalized spacial score (nSPS) is 18.5. The van der Waals surface area contributed by atoms with Crippen molar-refractivity contribution in [2.24, 2.45) is 4.99 Å². The summed E-state index contributed by atoms with van der Waals surface area (Å²) in [5.41, 5.74) is 6.14. The predicted octanol–water partition coefficient (Wildman–Crippen LogP) is 5.00. The monoisotopic (exact) mass is 489 g/mol. The zero-order valence-corrected chi connectivity index (χ0v) is 20.7. The molecular weight excluding hydrogens is 466 g/mol. The number of carbonyl (C=O) groups excluding carboxylic acids is 1. The van der Waals surface area contributed by atoms with Crippen molar-refractivity contribution in [1.82, 2.24) is 19.7 Å². The van der Waals surface area contributed by atoms with E-state index in [2.05, 4.69) is 14.8 Å². The van der Waals surface area contributed by atoms with Crippen LogP contribution in [0.5, 0.6) is 0 Å². The fourth-order valence-corrected chi connectivity index (χ4v) is 6.56. The van der Waals surface area contributed by atoms with Crippen molar-refractivity contribution in [3.63, 3.8) is 0 Å². The molecule has 2 aromatic heterocycles. The number of rotatable bonds is 3. The molecule has 6 rings (SSSR count). The highest BCUT2D eigenvalue weighted by Crippen LogP contribution is 2.41. The smallest absolute Gasteiger partial charge is 0.257 e. The minimum atomic E-state index is -0.0442. The van der Waals surface area contributed by atoms with Gasteiger partial charge in [0.05, 0.1) is 11.1 Å². The van der Waals surface area contributed by atoms with E-state index in [0.29, 0.717) is 12.1 Å². The number of alkyl halides is 1. The Morgan fingerprint density at radius 1 is 1.21 bits per heavy atom. The van der Waals surface area contributed by atoms with Gasteiger partial charge in [0, 0.05) is 34.3 Å². The number of aryl methyl sites for hydroxylation is 2. The largest absolute Gasteiger partial charge is 0.312 e. The summed E-state index contributed by atoms with van der Waals surface area (Å²) < 4.78 is 2.17. The Hall–Kier alpha value is -3.03. The summed E-state index contributed by atoms with van der Waals surface area (Å²) >= 11 is 7.97. The van der Waals surface area contributed by atoms with Crippen LogP contribution in [0.1, 0.15) is 56.4 Å². The molecule has 6 nitrogen and oxygen atoms in total. The number of aliphatic imine (C=N–C) groups is 1. The summed E-state index contributed by atoms with van der Waals surface area (Å²) in [7, 11) is 1.80. The summed E-state index contributed by atoms with van der Waals surface area (Å²) in [6.45, 7) is 2.48. The molecule has 1 atom stereocenters. The van der Waals surface area contributed by atoms with E-state index in [1.165, 1.54) is 27.4 Å². The topological polar surface area (TPSA) is 63.4 Å². The fourth-order valence-electron chi connectivity index (χ4n) is 4.94. The van der Waals surface area contributed by atoms with Crippen molar-refractivity contribution in [3.8, 4) is 5.00 Å². The first-order valence-corrected chi connectivity index (χ1v) is 12.8. The van der Waals surface area contributed by atoms with Crippen molar-refractivity contribution in [2.45, 2.75) is 44.5 Å².